The van der Waals surface area contributed by atoms with Crippen LogP contribution < -0.4 is 5.32 Å². The fourth-order valence-corrected chi connectivity index (χ4v) is 2.22. The Bertz CT molecular complexity index is 395. The molecule has 0 aliphatic carbocycles. The summed E-state index contributed by atoms with van der Waals surface area (Å²) < 4.78 is 0. The van der Waals surface area contributed by atoms with Crippen LogP contribution in [0.25, 0.3) is 0 Å². The van der Waals surface area contributed by atoms with E-state index in [0.29, 0.717) is 19.3 Å². The van der Waals surface area contributed by atoms with Gasteiger partial charge in [-0.2, -0.15) is 0 Å². The molecule has 24 heavy (non-hydrogen) atoms. The molecule has 0 aliphatic heterocycles. The van der Waals surface area contributed by atoms with Crippen molar-refractivity contribution in [1.29, 1.82) is 0 Å². The van der Waals surface area contributed by atoms with Gasteiger partial charge in [-0.15, -0.1) is 0 Å². The number of hydrogen-bond acceptors (Lipinski definition) is 4. The Morgan fingerprint density at radius 3 is 1.79 bits per heavy atom. The van der Waals surface area contributed by atoms with Crippen LogP contribution in [0.5, 0.6) is 0 Å². The fraction of sp³-hybridized carbons (Fsp3) is 0.765. The van der Waals surface area contributed by atoms with Gasteiger partial charge in [-0.3, -0.25) is 19.2 Å². The summed E-state index contributed by atoms with van der Waals surface area (Å²) in [4.78, 5) is 44.2. The van der Waals surface area contributed by atoms with Gasteiger partial charge in [0.25, 0.3) is 0 Å². The predicted molar refractivity (Wildman–Crippen MR) is 88.6 cm³/mol. The molecule has 0 aliphatic rings. The maximum atomic E-state index is 11.6. The zero-order chi connectivity index (χ0) is 18.5. The van der Waals surface area contributed by atoms with Gasteiger partial charge in [-0.1, -0.05) is 32.6 Å². The average Bonchev–Trinajstić information content (AvgIpc) is 2.49. The van der Waals surface area contributed by atoms with Gasteiger partial charge in [0.15, 0.2) is 0 Å². The second-order valence-corrected chi connectivity index (χ2v) is 6.23. The van der Waals surface area contributed by atoms with Crippen LogP contribution in [0.2, 0.25) is 0 Å². The summed E-state index contributed by atoms with van der Waals surface area (Å²) in [5.41, 5.74) is 0. The molecular weight excluding hydrogens is 314 g/mol. The number of carboxylic acid groups (broad SMARTS) is 2. The molecule has 1 amide bonds. The minimum absolute atomic E-state index is 0.00544. The first-order chi connectivity index (χ1) is 11.2. The van der Waals surface area contributed by atoms with Crippen molar-refractivity contribution < 1.29 is 29.4 Å². The van der Waals surface area contributed by atoms with Crippen LogP contribution in [-0.2, 0) is 19.2 Å². The number of nitrogens with one attached hydrogen (secondary N) is 1. The van der Waals surface area contributed by atoms with Gasteiger partial charge in [-0.05, 0) is 19.8 Å². The quantitative estimate of drug-likeness (QED) is 0.416. The Morgan fingerprint density at radius 1 is 0.792 bits per heavy atom. The molecule has 0 aromatic carbocycles. The highest BCUT2D eigenvalue weighted by Gasteiger charge is 2.15. The Balaban J connectivity index is 3.51. The Labute approximate surface area is 142 Å². The normalized spacial score (nSPS) is 13.1. The predicted octanol–water partition coefficient (Wildman–Crippen LogP) is 2.38. The zero-order valence-electron chi connectivity index (χ0n) is 14.5. The Morgan fingerprint density at radius 2 is 1.29 bits per heavy atom. The number of rotatable bonds is 14. The lowest BCUT2D eigenvalue weighted by molar-refractivity contribution is -0.143. The molecular formula is C17H29NO6. The van der Waals surface area contributed by atoms with Crippen LogP contribution in [0.15, 0.2) is 0 Å². The van der Waals surface area contributed by atoms with Crippen molar-refractivity contribution >= 4 is 23.6 Å². The highest BCUT2D eigenvalue weighted by molar-refractivity contribution is 5.83. The van der Waals surface area contributed by atoms with Gasteiger partial charge in [0, 0.05) is 19.3 Å². The standard InChI is InChI=1S/C17H29NO6/c1-12(16(21)22)11-14(19)9-7-5-3-4-6-8-10-15(20)18-13(2)17(23)24/h12-13H,3-11H2,1-2H3,(H,18,20)(H,21,22)(H,23,24). The van der Waals surface area contributed by atoms with Crippen LogP contribution in [0.1, 0.15) is 71.6 Å². The van der Waals surface area contributed by atoms with E-state index in [1.165, 1.54) is 13.8 Å². The van der Waals surface area contributed by atoms with E-state index in [2.05, 4.69) is 5.32 Å². The Kier molecular flexibility index (Phi) is 11.5. The minimum Gasteiger partial charge on any atom is -0.481 e. The summed E-state index contributed by atoms with van der Waals surface area (Å²) in [6, 6.07) is -0.862. The summed E-state index contributed by atoms with van der Waals surface area (Å²) >= 11 is 0. The first-order valence-electron chi connectivity index (χ1n) is 8.50. The number of hydrogen-bond donors (Lipinski definition) is 3. The highest BCUT2D eigenvalue weighted by atomic mass is 16.4. The molecule has 0 spiro atoms. The highest BCUT2D eigenvalue weighted by Crippen LogP contribution is 2.11. The smallest absolute Gasteiger partial charge is 0.325 e. The van der Waals surface area contributed by atoms with E-state index in [4.69, 9.17) is 10.2 Å². The summed E-state index contributed by atoms with van der Waals surface area (Å²) in [5, 5.41) is 19.8. The van der Waals surface area contributed by atoms with Crippen molar-refractivity contribution in [3.05, 3.63) is 0 Å². The summed E-state index contributed by atoms with van der Waals surface area (Å²) in [6.07, 6.45) is 6.05. The molecule has 0 rings (SSSR count). The maximum absolute atomic E-state index is 11.6. The SMILES string of the molecule is CC(CC(=O)CCCCCCCCC(=O)NC(C)C(=O)O)C(=O)O. The Hall–Kier alpha value is -1.92. The third-order valence-corrected chi connectivity index (χ3v) is 3.81. The van der Waals surface area contributed by atoms with Crippen LogP contribution in [0.3, 0.4) is 0 Å². The van der Waals surface area contributed by atoms with E-state index in [-0.39, 0.29) is 18.1 Å². The number of carboxylic acids is 2. The molecule has 0 heterocycles. The van der Waals surface area contributed by atoms with E-state index in [9.17, 15) is 19.2 Å². The monoisotopic (exact) mass is 343 g/mol. The number of amides is 1. The van der Waals surface area contributed by atoms with Crippen molar-refractivity contribution in [3.63, 3.8) is 0 Å². The van der Waals surface area contributed by atoms with Gasteiger partial charge in [0.2, 0.25) is 5.91 Å². The summed E-state index contributed by atoms with van der Waals surface area (Å²) in [6.45, 7) is 2.96. The first-order valence-corrected chi connectivity index (χ1v) is 8.50. The van der Waals surface area contributed by atoms with Crippen molar-refractivity contribution in [1.82, 2.24) is 5.32 Å². The molecule has 0 aromatic rings. The van der Waals surface area contributed by atoms with Gasteiger partial charge in [0.1, 0.15) is 11.8 Å². The average molecular weight is 343 g/mol. The molecule has 7 heteroatoms. The number of aliphatic carboxylic acids is 2. The third kappa shape index (κ3) is 11.6. The fourth-order valence-electron chi connectivity index (χ4n) is 2.22. The lowest BCUT2D eigenvalue weighted by Gasteiger charge is -2.08. The first kappa shape index (κ1) is 22.1. The van der Waals surface area contributed by atoms with Crippen molar-refractivity contribution in [3.8, 4) is 0 Å². The molecule has 0 radical (unpaired) electrons. The summed E-state index contributed by atoms with van der Waals surface area (Å²) in [7, 11) is 0. The van der Waals surface area contributed by atoms with E-state index < -0.39 is 23.9 Å². The van der Waals surface area contributed by atoms with E-state index >= 15 is 0 Å². The topological polar surface area (TPSA) is 121 Å². The number of Topliss-reactive ketones (excluding diaryl/α,β-unsaturated/α-hetero) is 1. The van der Waals surface area contributed by atoms with E-state index in [1.807, 2.05) is 0 Å². The van der Waals surface area contributed by atoms with Crippen molar-refractivity contribution in [2.45, 2.75) is 77.7 Å². The molecule has 3 N–H and O–H groups in total. The molecule has 0 saturated heterocycles. The second kappa shape index (κ2) is 12.5. The van der Waals surface area contributed by atoms with Gasteiger partial charge >= 0.3 is 11.9 Å². The lowest BCUT2D eigenvalue weighted by Crippen LogP contribution is -2.38. The van der Waals surface area contributed by atoms with Gasteiger partial charge < -0.3 is 15.5 Å². The molecule has 2 atom stereocenters. The maximum Gasteiger partial charge on any atom is 0.325 e. The number of ketones is 1. The lowest BCUT2D eigenvalue weighted by atomic mass is 10.0. The molecule has 0 fully saturated rings. The van der Waals surface area contributed by atoms with Crippen LogP contribution in [0.4, 0.5) is 0 Å². The van der Waals surface area contributed by atoms with Crippen molar-refractivity contribution in [2.75, 3.05) is 0 Å². The minimum atomic E-state index is -1.05. The van der Waals surface area contributed by atoms with Crippen LogP contribution in [-0.4, -0.2) is 39.9 Å². The zero-order valence-corrected chi connectivity index (χ0v) is 14.5. The molecule has 138 valence electrons. The number of carbonyl (C=O) groups excluding carboxylic acids is 2. The molecule has 7 nitrogen and oxygen atoms in total. The van der Waals surface area contributed by atoms with Crippen LogP contribution >= 0.6 is 0 Å². The van der Waals surface area contributed by atoms with Gasteiger partial charge in [-0.25, -0.2) is 0 Å². The molecule has 0 saturated carbocycles. The van der Waals surface area contributed by atoms with Gasteiger partial charge in [0.05, 0.1) is 5.92 Å². The second-order valence-electron chi connectivity index (χ2n) is 6.23. The van der Waals surface area contributed by atoms with Crippen molar-refractivity contribution in [2.24, 2.45) is 5.92 Å². The molecule has 0 aromatic heterocycles. The molecule has 0 bridgehead atoms. The number of carbonyl (C=O) groups is 4. The largest absolute Gasteiger partial charge is 0.481 e. The van der Waals surface area contributed by atoms with Crippen LogP contribution in [0, 0.1) is 5.92 Å². The third-order valence-electron chi connectivity index (χ3n) is 3.81. The summed E-state index contributed by atoms with van der Waals surface area (Å²) in [5.74, 6) is -2.86. The van der Waals surface area contributed by atoms with E-state index in [1.54, 1.807) is 0 Å². The molecule has 2 unspecified atom stereocenters. The van der Waals surface area contributed by atoms with E-state index in [0.717, 1.165) is 32.1 Å². The number of unbranched alkanes of at least 4 members (excludes halogenated alkanes) is 5.